The van der Waals surface area contributed by atoms with Gasteiger partial charge < -0.3 is 9.84 Å². The Balaban J connectivity index is 1.51. The highest BCUT2D eigenvalue weighted by molar-refractivity contribution is 5.84. The van der Waals surface area contributed by atoms with E-state index in [1.54, 1.807) is 6.07 Å². The van der Waals surface area contributed by atoms with E-state index in [0.29, 0.717) is 18.0 Å². The van der Waals surface area contributed by atoms with E-state index in [2.05, 4.69) is 39.2 Å². The van der Waals surface area contributed by atoms with Gasteiger partial charge in [0.05, 0.1) is 23.2 Å². The van der Waals surface area contributed by atoms with E-state index >= 15 is 0 Å². The van der Waals surface area contributed by atoms with Crippen LogP contribution < -0.4 is 0 Å². The van der Waals surface area contributed by atoms with Crippen molar-refractivity contribution in [3.05, 3.63) is 78.4 Å². The Kier molecular flexibility index (Phi) is 4.56. The summed E-state index contributed by atoms with van der Waals surface area (Å²) in [6, 6.07) is 23.6. The maximum atomic E-state index is 11.3. The van der Waals surface area contributed by atoms with Gasteiger partial charge in [-0.3, -0.25) is 4.57 Å². The smallest absolute Gasteiger partial charge is 0.261 e. The maximum Gasteiger partial charge on any atom is 0.261 e. The molecule has 2 aliphatic heterocycles. The van der Waals surface area contributed by atoms with Gasteiger partial charge in [-0.15, -0.1) is 0 Å². The molecule has 2 saturated heterocycles. The summed E-state index contributed by atoms with van der Waals surface area (Å²) in [4.78, 5) is 16.6. The monoisotopic (exact) mass is 470 g/mol. The molecule has 35 heavy (non-hydrogen) atoms. The Morgan fingerprint density at radius 3 is 2.29 bits per heavy atom. The number of aromatic nitrogens is 2. The topological polar surface area (TPSA) is 65.7 Å². The van der Waals surface area contributed by atoms with Crippen LogP contribution in [0.3, 0.4) is 0 Å². The molecule has 6 heteroatoms. The predicted molar refractivity (Wildman–Crippen MR) is 134 cm³/mol. The molecular formula is C29H30N2O4. The summed E-state index contributed by atoms with van der Waals surface area (Å²) in [7, 11) is 0. The maximum absolute atomic E-state index is 11.3. The summed E-state index contributed by atoms with van der Waals surface area (Å²) >= 11 is 0. The normalized spacial score (nSPS) is 25.4. The van der Waals surface area contributed by atoms with Crippen LogP contribution in [-0.2, 0) is 20.3 Å². The van der Waals surface area contributed by atoms with Crippen LogP contribution in [-0.4, -0.2) is 26.9 Å². The van der Waals surface area contributed by atoms with Gasteiger partial charge in [0.25, 0.3) is 5.79 Å². The third-order valence-electron chi connectivity index (χ3n) is 7.59. The van der Waals surface area contributed by atoms with Gasteiger partial charge in [0.15, 0.2) is 5.60 Å². The van der Waals surface area contributed by atoms with Crippen LogP contribution in [0.1, 0.15) is 40.2 Å². The van der Waals surface area contributed by atoms with E-state index in [0.717, 1.165) is 22.3 Å². The van der Waals surface area contributed by atoms with Gasteiger partial charge in [0.1, 0.15) is 11.6 Å². The summed E-state index contributed by atoms with van der Waals surface area (Å²) in [5.41, 5.74) is 2.88. The number of fused-ring (bicyclic) bond motifs is 2. The van der Waals surface area contributed by atoms with Crippen molar-refractivity contribution in [3.8, 4) is 22.8 Å². The van der Waals surface area contributed by atoms with Crippen LogP contribution in [0.15, 0.2) is 72.8 Å². The molecule has 0 radical (unpaired) electrons. The second-order valence-corrected chi connectivity index (χ2v) is 11.2. The molecular weight excluding hydrogens is 440 g/mol. The number of aromatic hydroxyl groups is 1. The first-order valence-corrected chi connectivity index (χ1v) is 12.0. The lowest BCUT2D eigenvalue weighted by atomic mass is 9.57. The van der Waals surface area contributed by atoms with Crippen LogP contribution in [0.2, 0.25) is 0 Å². The molecule has 6 nitrogen and oxygen atoms in total. The van der Waals surface area contributed by atoms with Crippen LogP contribution >= 0.6 is 0 Å². The first-order valence-electron chi connectivity index (χ1n) is 12.0. The zero-order valence-corrected chi connectivity index (χ0v) is 20.7. The average Bonchev–Trinajstić information content (AvgIpc) is 3.24. The molecule has 0 amide bonds. The second kappa shape index (κ2) is 7.17. The third kappa shape index (κ3) is 2.79. The van der Waals surface area contributed by atoms with Crippen molar-refractivity contribution < 1.29 is 19.6 Å². The minimum absolute atomic E-state index is 0.107. The predicted octanol–water partition coefficient (Wildman–Crippen LogP) is 6.35. The molecule has 2 atom stereocenters. The molecule has 180 valence electrons. The number of nitrogens with zero attached hydrogens (tertiary/aromatic N) is 2. The molecule has 6 rings (SSSR count). The second-order valence-electron chi connectivity index (χ2n) is 11.2. The highest BCUT2D eigenvalue weighted by atomic mass is 17.3. The molecule has 2 fully saturated rings. The molecule has 2 unspecified atom stereocenters. The van der Waals surface area contributed by atoms with Crippen molar-refractivity contribution in [1.29, 1.82) is 0 Å². The number of ether oxygens (including phenoxy) is 1. The molecule has 1 aromatic heterocycles. The first-order chi connectivity index (χ1) is 16.6. The first kappa shape index (κ1) is 22.3. The minimum atomic E-state index is -1.09. The SMILES string of the molecule is CC(C)(C)C12OOC1(c1ccc(-c3nc4ccccc4n3-c3ccccc3)c(O)c1)OCC2(C)C. The van der Waals surface area contributed by atoms with Crippen molar-refractivity contribution in [3.63, 3.8) is 0 Å². The number of hydrogen-bond acceptors (Lipinski definition) is 5. The molecule has 0 spiro atoms. The van der Waals surface area contributed by atoms with E-state index in [-0.39, 0.29) is 16.6 Å². The van der Waals surface area contributed by atoms with E-state index in [1.165, 1.54) is 0 Å². The van der Waals surface area contributed by atoms with Crippen molar-refractivity contribution in [2.45, 2.75) is 46.0 Å². The molecule has 0 bridgehead atoms. The molecule has 3 aromatic carbocycles. The van der Waals surface area contributed by atoms with Crippen molar-refractivity contribution >= 4 is 11.0 Å². The van der Waals surface area contributed by atoms with E-state index in [9.17, 15) is 5.11 Å². The third-order valence-corrected chi connectivity index (χ3v) is 7.59. The molecule has 2 aliphatic rings. The summed E-state index contributed by atoms with van der Waals surface area (Å²) in [6.07, 6.45) is 0. The van der Waals surface area contributed by atoms with Crippen LogP contribution in [0.4, 0.5) is 0 Å². The number of para-hydroxylation sites is 3. The van der Waals surface area contributed by atoms with Gasteiger partial charge in [-0.25, -0.2) is 9.87 Å². The average molecular weight is 471 g/mol. The van der Waals surface area contributed by atoms with Gasteiger partial charge in [0, 0.05) is 22.1 Å². The van der Waals surface area contributed by atoms with E-state index in [4.69, 9.17) is 19.5 Å². The van der Waals surface area contributed by atoms with Crippen LogP contribution in [0.25, 0.3) is 28.1 Å². The molecule has 4 aromatic rings. The summed E-state index contributed by atoms with van der Waals surface area (Å²) in [5, 5.41) is 11.3. The Bertz CT molecular complexity index is 1440. The number of phenols is 1. The molecule has 1 N–H and O–H groups in total. The summed E-state index contributed by atoms with van der Waals surface area (Å²) < 4.78 is 8.40. The van der Waals surface area contributed by atoms with Crippen molar-refractivity contribution in [2.75, 3.05) is 6.61 Å². The Hall–Kier alpha value is -3.19. The summed E-state index contributed by atoms with van der Waals surface area (Å²) in [5.74, 6) is -0.319. The molecule has 0 aliphatic carbocycles. The number of phenolic OH excluding ortho intramolecular Hbond substituents is 1. The van der Waals surface area contributed by atoms with E-state index in [1.807, 2.05) is 66.7 Å². The Morgan fingerprint density at radius 2 is 1.63 bits per heavy atom. The van der Waals surface area contributed by atoms with Crippen molar-refractivity contribution in [2.24, 2.45) is 10.8 Å². The van der Waals surface area contributed by atoms with Gasteiger partial charge in [-0.05, 0) is 36.4 Å². The summed E-state index contributed by atoms with van der Waals surface area (Å²) in [6.45, 7) is 11.2. The Labute approximate surface area is 205 Å². The van der Waals surface area contributed by atoms with E-state index < -0.39 is 11.4 Å². The van der Waals surface area contributed by atoms with Gasteiger partial charge in [0.2, 0.25) is 0 Å². The number of benzene rings is 3. The lowest BCUT2D eigenvalue weighted by Crippen LogP contribution is -2.73. The fourth-order valence-corrected chi connectivity index (χ4v) is 6.21. The van der Waals surface area contributed by atoms with Crippen LogP contribution in [0.5, 0.6) is 5.75 Å². The van der Waals surface area contributed by atoms with Crippen molar-refractivity contribution in [1.82, 2.24) is 9.55 Å². The number of imidazole rings is 1. The van der Waals surface area contributed by atoms with Gasteiger partial charge in [-0.1, -0.05) is 71.0 Å². The molecule has 3 heterocycles. The van der Waals surface area contributed by atoms with Crippen LogP contribution in [0, 0.1) is 10.8 Å². The lowest BCUT2D eigenvalue weighted by Gasteiger charge is -2.61. The fraction of sp³-hybridized carbons (Fsp3) is 0.345. The fourth-order valence-electron chi connectivity index (χ4n) is 6.21. The highest BCUT2D eigenvalue weighted by Gasteiger charge is 2.81. The zero-order valence-electron chi connectivity index (χ0n) is 20.7. The quantitative estimate of drug-likeness (QED) is 0.353. The minimum Gasteiger partial charge on any atom is -0.507 e. The highest BCUT2D eigenvalue weighted by Crippen LogP contribution is 2.69. The number of hydrogen-bond donors (Lipinski definition) is 1. The Morgan fingerprint density at radius 1 is 0.914 bits per heavy atom. The standard InChI is InChI=1S/C29H30N2O4/c1-26(2,3)29-27(4,5)18-33-28(29,34-35-29)19-15-16-21(24(32)17-19)25-30-22-13-9-10-14-23(22)31(25)20-11-7-6-8-12-20/h6-17,32H,18H2,1-5H3. The van der Waals surface area contributed by atoms with Gasteiger partial charge in [-0.2, -0.15) is 4.89 Å². The largest absolute Gasteiger partial charge is 0.507 e. The van der Waals surface area contributed by atoms with Gasteiger partial charge >= 0.3 is 0 Å². The lowest BCUT2D eigenvalue weighted by molar-refractivity contribution is -0.626. The molecule has 0 saturated carbocycles. The number of rotatable bonds is 3. The zero-order chi connectivity index (χ0) is 24.6.